The second-order valence-electron chi connectivity index (χ2n) is 6.65. The first kappa shape index (κ1) is 18.9. The second-order valence-corrected chi connectivity index (χ2v) is 8.63. The van der Waals surface area contributed by atoms with Gasteiger partial charge in [-0.3, -0.25) is 4.79 Å². The maximum atomic E-state index is 12.3. The lowest BCUT2D eigenvalue weighted by atomic mass is 9.95. The Morgan fingerprint density at radius 1 is 1.25 bits per heavy atom. The molecule has 5 nitrogen and oxygen atoms in total. The Balaban J connectivity index is 1.78. The number of hydrogen-bond donors (Lipinski definition) is 1. The van der Waals surface area contributed by atoms with Crippen molar-refractivity contribution < 1.29 is 13.2 Å². The molecule has 2 rings (SSSR count). The van der Waals surface area contributed by atoms with Crippen LogP contribution in [0.3, 0.4) is 0 Å². The molecule has 0 saturated carbocycles. The van der Waals surface area contributed by atoms with E-state index in [1.807, 2.05) is 18.2 Å². The molecule has 0 aliphatic carbocycles. The van der Waals surface area contributed by atoms with Crippen LogP contribution in [-0.4, -0.2) is 44.5 Å². The van der Waals surface area contributed by atoms with E-state index in [9.17, 15) is 13.2 Å². The minimum Gasteiger partial charge on any atom is -0.356 e. The molecule has 24 heavy (non-hydrogen) atoms. The Kier molecular flexibility index (Phi) is 6.80. The topological polar surface area (TPSA) is 66.5 Å². The van der Waals surface area contributed by atoms with E-state index in [0.717, 1.165) is 12.8 Å². The van der Waals surface area contributed by atoms with Gasteiger partial charge in [-0.25, -0.2) is 12.7 Å². The number of nitrogens with one attached hydrogen (secondary N) is 1. The maximum absolute atomic E-state index is 12.3. The lowest BCUT2D eigenvalue weighted by molar-refractivity contribution is -0.126. The number of rotatable bonds is 7. The Morgan fingerprint density at radius 2 is 1.88 bits per heavy atom. The smallest absolute Gasteiger partial charge is 0.223 e. The molecule has 0 unspecified atom stereocenters. The number of carbonyl (C=O) groups excluding carboxylic acids is 1. The summed E-state index contributed by atoms with van der Waals surface area (Å²) in [6.07, 6.45) is 4.41. The molecule has 0 aromatic heterocycles. The van der Waals surface area contributed by atoms with Crippen LogP contribution in [0.1, 0.15) is 31.7 Å². The molecule has 1 fully saturated rings. The predicted molar refractivity (Wildman–Crippen MR) is 96.1 cm³/mol. The van der Waals surface area contributed by atoms with Gasteiger partial charge < -0.3 is 5.32 Å². The van der Waals surface area contributed by atoms with Crippen molar-refractivity contribution in [1.82, 2.24) is 9.62 Å². The molecule has 0 spiro atoms. The SMILES string of the molecule is CC[C@H](CNC(=O)C1CCN(S(C)(=O)=O)CC1)Cc1ccccc1. The van der Waals surface area contributed by atoms with Crippen LogP contribution in [0.4, 0.5) is 0 Å². The first-order chi connectivity index (χ1) is 11.4. The summed E-state index contributed by atoms with van der Waals surface area (Å²) in [4.78, 5) is 12.3. The minimum atomic E-state index is -3.14. The largest absolute Gasteiger partial charge is 0.356 e. The van der Waals surface area contributed by atoms with Crippen molar-refractivity contribution in [3.05, 3.63) is 35.9 Å². The van der Waals surface area contributed by atoms with Gasteiger partial charge in [0.15, 0.2) is 0 Å². The van der Waals surface area contributed by atoms with E-state index < -0.39 is 10.0 Å². The third kappa shape index (κ3) is 5.60. The molecule has 1 aromatic carbocycles. The molecule has 0 bridgehead atoms. The van der Waals surface area contributed by atoms with Crippen LogP contribution in [0.2, 0.25) is 0 Å². The van der Waals surface area contributed by atoms with E-state index in [1.54, 1.807) is 0 Å². The third-order valence-corrected chi connectivity index (χ3v) is 6.11. The fourth-order valence-corrected chi connectivity index (χ4v) is 4.02. The zero-order valence-electron chi connectivity index (χ0n) is 14.6. The number of carbonyl (C=O) groups is 1. The van der Waals surface area contributed by atoms with Crippen LogP contribution in [-0.2, 0) is 21.2 Å². The van der Waals surface area contributed by atoms with Crippen molar-refractivity contribution >= 4 is 15.9 Å². The van der Waals surface area contributed by atoms with Crippen LogP contribution in [0.15, 0.2) is 30.3 Å². The van der Waals surface area contributed by atoms with Crippen LogP contribution in [0.25, 0.3) is 0 Å². The molecule has 1 heterocycles. The van der Waals surface area contributed by atoms with Gasteiger partial charge in [-0.15, -0.1) is 0 Å². The predicted octanol–water partition coefficient (Wildman–Crippen LogP) is 2.04. The first-order valence-corrected chi connectivity index (χ1v) is 10.5. The molecular formula is C18H28N2O3S. The number of sulfonamides is 1. The van der Waals surface area contributed by atoms with E-state index in [4.69, 9.17) is 0 Å². The molecule has 134 valence electrons. The molecule has 1 N–H and O–H groups in total. The third-order valence-electron chi connectivity index (χ3n) is 4.80. The van der Waals surface area contributed by atoms with Crippen molar-refractivity contribution in [2.75, 3.05) is 25.9 Å². The molecular weight excluding hydrogens is 324 g/mol. The minimum absolute atomic E-state index is 0.0645. The van der Waals surface area contributed by atoms with Gasteiger partial charge in [-0.2, -0.15) is 0 Å². The van der Waals surface area contributed by atoms with Gasteiger partial charge in [-0.05, 0) is 30.7 Å². The van der Waals surface area contributed by atoms with E-state index in [1.165, 1.54) is 16.1 Å². The van der Waals surface area contributed by atoms with Crippen molar-refractivity contribution in [3.63, 3.8) is 0 Å². The van der Waals surface area contributed by atoms with E-state index in [-0.39, 0.29) is 11.8 Å². The molecule has 1 aliphatic rings. The maximum Gasteiger partial charge on any atom is 0.223 e. The van der Waals surface area contributed by atoms with Gasteiger partial charge in [-0.1, -0.05) is 43.7 Å². The average molecular weight is 353 g/mol. The van der Waals surface area contributed by atoms with Gasteiger partial charge >= 0.3 is 0 Å². The molecule has 0 radical (unpaired) electrons. The number of piperidine rings is 1. The molecule has 1 atom stereocenters. The summed E-state index contributed by atoms with van der Waals surface area (Å²) >= 11 is 0. The highest BCUT2D eigenvalue weighted by molar-refractivity contribution is 7.88. The molecule has 1 aliphatic heterocycles. The Labute approximate surface area is 145 Å². The fourth-order valence-electron chi connectivity index (χ4n) is 3.15. The highest BCUT2D eigenvalue weighted by Crippen LogP contribution is 2.19. The Hall–Kier alpha value is -1.40. The molecule has 1 aromatic rings. The van der Waals surface area contributed by atoms with Crippen molar-refractivity contribution in [3.8, 4) is 0 Å². The molecule has 6 heteroatoms. The summed E-state index contributed by atoms with van der Waals surface area (Å²) < 4.78 is 24.5. The lowest BCUT2D eigenvalue weighted by Gasteiger charge is -2.29. The number of nitrogens with zero attached hydrogens (tertiary/aromatic N) is 1. The molecule has 1 saturated heterocycles. The van der Waals surface area contributed by atoms with Gasteiger partial charge in [0, 0.05) is 25.6 Å². The van der Waals surface area contributed by atoms with Gasteiger partial charge in [0.1, 0.15) is 0 Å². The van der Waals surface area contributed by atoms with Gasteiger partial charge in [0.2, 0.25) is 15.9 Å². The van der Waals surface area contributed by atoms with Crippen LogP contribution >= 0.6 is 0 Å². The quantitative estimate of drug-likeness (QED) is 0.817. The normalized spacial score (nSPS) is 18.2. The van der Waals surface area contributed by atoms with Crippen molar-refractivity contribution in [2.45, 2.75) is 32.6 Å². The van der Waals surface area contributed by atoms with Crippen molar-refractivity contribution in [1.29, 1.82) is 0 Å². The standard InChI is InChI=1S/C18H28N2O3S/c1-3-15(13-16-7-5-4-6-8-16)14-19-18(21)17-9-11-20(12-10-17)24(2,22)23/h4-8,15,17H,3,9-14H2,1-2H3,(H,19,21)/t15-/m0/s1. The Bertz CT molecular complexity index is 623. The highest BCUT2D eigenvalue weighted by atomic mass is 32.2. The van der Waals surface area contributed by atoms with E-state index in [2.05, 4.69) is 24.4 Å². The summed E-state index contributed by atoms with van der Waals surface area (Å²) in [5.74, 6) is 0.416. The number of benzene rings is 1. The van der Waals surface area contributed by atoms with Gasteiger partial charge in [0.05, 0.1) is 6.26 Å². The average Bonchev–Trinajstić information content (AvgIpc) is 2.58. The summed E-state index contributed by atoms with van der Waals surface area (Å²) in [5, 5.41) is 3.07. The monoisotopic (exact) mass is 352 g/mol. The Morgan fingerprint density at radius 3 is 2.42 bits per heavy atom. The second kappa shape index (κ2) is 8.62. The zero-order valence-corrected chi connectivity index (χ0v) is 15.4. The van der Waals surface area contributed by atoms with Crippen LogP contribution < -0.4 is 5.32 Å². The van der Waals surface area contributed by atoms with Gasteiger partial charge in [0.25, 0.3) is 0 Å². The zero-order chi connectivity index (χ0) is 17.6. The summed E-state index contributed by atoms with van der Waals surface area (Å²) in [6.45, 7) is 3.71. The summed E-state index contributed by atoms with van der Waals surface area (Å²) in [7, 11) is -3.14. The summed E-state index contributed by atoms with van der Waals surface area (Å²) in [5.41, 5.74) is 1.29. The lowest BCUT2D eigenvalue weighted by Crippen LogP contribution is -2.43. The number of amides is 1. The molecule has 1 amide bonds. The first-order valence-electron chi connectivity index (χ1n) is 8.67. The van der Waals surface area contributed by atoms with E-state index in [0.29, 0.717) is 38.4 Å². The highest BCUT2D eigenvalue weighted by Gasteiger charge is 2.28. The van der Waals surface area contributed by atoms with Crippen LogP contribution in [0.5, 0.6) is 0 Å². The van der Waals surface area contributed by atoms with Crippen molar-refractivity contribution in [2.24, 2.45) is 11.8 Å². The van der Waals surface area contributed by atoms with Crippen LogP contribution in [0, 0.1) is 11.8 Å². The number of hydrogen-bond acceptors (Lipinski definition) is 3. The fraction of sp³-hybridized carbons (Fsp3) is 0.611. The van der Waals surface area contributed by atoms with E-state index >= 15 is 0 Å². The summed E-state index contributed by atoms with van der Waals surface area (Å²) in [6, 6.07) is 10.3.